The second-order valence-corrected chi connectivity index (χ2v) is 7.39. The number of hydrogen-bond donors (Lipinski definition) is 2. The van der Waals surface area contributed by atoms with Crippen molar-refractivity contribution in [1.29, 1.82) is 5.26 Å². The summed E-state index contributed by atoms with van der Waals surface area (Å²) in [4.78, 5) is 32.4. The highest BCUT2D eigenvalue weighted by molar-refractivity contribution is 5.91. The van der Waals surface area contributed by atoms with Gasteiger partial charge in [0.2, 0.25) is 5.95 Å². The van der Waals surface area contributed by atoms with E-state index in [4.69, 9.17) is 0 Å². The molecular formula is C23H22N6O3. The van der Waals surface area contributed by atoms with Gasteiger partial charge in [0.25, 0.3) is 5.56 Å². The molecule has 1 fully saturated rings. The van der Waals surface area contributed by atoms with Crippen LogP contribution in [-0.2, 0) is 13.1 Å². The number of hydrogen-bond acceptors (Lipinski definition) is 6. The average Bonchev–Trinajstić information content (AvgIpc) is 3.18. The summed E-state index contributed by atoms with van der Waals surface area (Å²) in [5, 5.41) is 22.5. The molecule has 0 amide bonds. The molecule has 1 aliphatic heterocycles. The lowest BCUT2D eigenvalue weighted by Crippen LogP contribution is -2.44. The second kappa shape index (κ2) is 8.96. The van der Waals surface area contributed by atoms with Crippen LogP contribution in [0.1, 0.15) is 28.5 Å². The van der Waals surface area contributed by atoms with E-state index in [1.807, 2.05) is 0 Å². The highest BCUT2D eigenvalue weighted by Gasteiger charge is 2.24. The van der Waals surface area contributed by atoms with Crippen LogP contribution in [0.5, 0.6) is 0 Å². The van der Waals surface area contributed by atoms with Gasteiger partial charge in [0.15, 0.2) is 0 Å². The standard InChI is InChI=1S/C23H22N6O3/c1-2-3-10-28-20-18(26-23(28)27-11-8-25-9-12-27)13-19(22(31)32)29(21(20)30)15-17-7-5-4-6-16(17)14-24/h4-7,13,25H,8-12,15H2,1H3,(H,31,32). The normalized spacial score (nSPS) is 13.4. The number of carbonyl (C=O) groups is 1. The number of carboxylic acids is 1. The molecule has 162 valence electrons. The molecular weight excluding hydrogens is 408 g/mol. The molecule has 2 N–H and O–H groups in total. The van der Waals surface area contributed by atoms with Crippen molar-refractivity contribution >= 4 is 23.0 Å². The van der Waals surface area contributed by atoms with E-state index in [1.54, 1.807) is 35.8 Å². The lowest BCUT2D eigenvalue weighted by atomic mass is 10.1. The molecule has 9 nitrogen and oxygen atoms in total. The van der Waals surface area contributed by atoms with Gasteiger partial charge in [0, 0.05) is 26.2 Å². The molecule has 32 heavy (non-hydrogen) atoms. The van der Waals surface area contributed by atoms with E-state index < -0.39 is 11.5 Å². The Morgan fingerprint density at radius 2 is 2.00 bits per heavy atom. The summed E-state index contributed by atoms with van der Waals surface area (Å²) in [5.41, 5.74) is 0.945. The first-order valence-electron chi connectivity index (χ1n) is 10.3. The van der Waals surface area contributed by atoms with Crippen molar-refractivity contribution in [2.45, 2.75) is 20.0 Å². The molecule has 0 saturated carbocycles. The van der Waals surface area contributed by atoms with Crippen molar-refractivity contribution in [3.05, 3.63) is 57.5 Å². The Balaban J connectivity index is 1.95. The Kier molecular flexibility index (Phi) is 5.93. The second-order valence-electron chi connectivity index (χ2n) is 7.39. The smallest absolute Gasteiger partial charge is 0.352 e. The Bertz CT molecular complexity index is 1350. The third kappa shape index (κ3) is 3.82. The van der Waals surface area contributed by atoms with Gasteiger partial charge in [-0.05, 0) is 24.6 Å². The van der Waals surface area contributed by atoms with Gasteiger partial charge < -0.3 is 15.3 Å². The van der Waals surface area contributed by atoms with E-state index in [2.05, 4.69) is 33.1 Å². The summed E-state index contributed by atoms with van der Waals surface area (Å²) in [5.74, 6) is 5.22. The van der Waals surface area contributed by atoms with Crippen LogP contribution in [-0.4, -0.2) is 51.4 Å². The molecule has 1 aliphatic rings. The predicted octanol–water partition coefficient (Wildman–Crippen LogP) is 1.25. The van der Waals surface area contributed by atoms with E-state index in [0.29, 0.717) is 28.1 Å². The van der Waals surface area contributed by atoms with E-state index in [-0.39, 0.29) is 18.8 Å². The molecule has 4 rings (SSSR count). The molecule has 0 bridgehead atoms. The Morgan fingerprint density at radius 3 is 2.69 bits per heavy atom. The summed E-state index contributed by atoms with van der Waals surface area (Å²) in [6.07, 6.45) is 0. The molecule has 0 atom stereocenters. The minimum Gasteiger partial charge on any atom is -0.477 e. The van der Waals surface area contributed by atoms with Crippen molar-refractivity contribution < 1.29 is 9.90 Å². The number of pyridine rings is 1. The van der Waals surface area contributed by atoms with Crippen LogP contribution in [0.2, 0.25) is 0 Å². The molecule has 1 aromatic carbocycles. The third-order valence-electron chi connectivity index (χ3n) is 5.49. The highest BCUT2D eigenvalue weighted by Crippen LogP contribution is 2.23. The van der Waals surface area contributed by atoms with Gasteiger partial charge in [-0.15, -0.1) is 5.92 Å². The number of imidazole rings is 1. The van der Waals surface area contributed by atoms with Gasteiger partial charge in [-0.1, -0.05) is 24.1 Å². The molecule has 0 aliphatic carbocycles. The number of aromatic nitrogens is 3. The molecule has 9 heteroatoms. The predicted molar refractivity (Wildman–Crippen MR) is 120 cm³/mol. The molecule has 0 spiro atoms. The van der Waals surface area contributed by atoms with Crippen LogP contribution in [0.15, 0.2) is 35.1 Å². The third-order valence-corrected chi connectivity index (χ3v) is 5.49. The van der Waals surface area contributed by atoms with Crippen LogP contribution in [0.25, 0.3) is 11.0 Å². The summed E-state index contributed by atoms with van der Waals surface area (Å²) < 4.78 is 2.96. The minimum atomic E-state index is -1.23. The fraction of sp³-hybridized carbons (Fsp3) is 0.304. The number of benzene rings is 1. The number of nitriles is 1. The van der Waals surface area contributed by atoms with Crippen LogP contribution >= 0.6 is 0 Å². The van der Waals surface area contributed by atoms with Crippen molar-refractivity contribution in [3.8, 4) is 17.9 Å². The Morgan fingerprint density at radius 1 is 1.25 bits per heavy atom. The molecule has 0 unspecified atom stereocenters. The number of rotatable bonds is 5. The maximum Gasteiger partial charge on any atom is 0.352 e. The van der Waals surface area contributed by atoms with Crippen LogP contribution in [0.4, 0.5) is 5.95 Å². The van der Waals surface area contributed by atoms with Gasteiger partial charge in [0.1, 0.15) is 11.2 Å². The number of fused-ring (bicyclic) bond motifs is 1. The number of carboxylic acid groups (broad SMARTS) is 1. The van der Waals surface area contributed by atoms with Gasteiger partial charge >= 0.3 is 5.97 Å². The van der Waals surface area contributed by atoms with E-state index >= 15 is 0 Å². The van der Waals surface area contributed by atoms with E-state index in [0.717, 1.165) is 26.2 Å². The number of nitrogens with one attached hydrogen (secondary N) is 1. The van der Waals surface area contributed by atoms with Crippen molar-refractivity contribution in [2.24, 2.45) is 0 Å². The molecule has 0 radical (unpaired) electrons. The number of piperazine rings is 1. The van der Waals surface area contributed by atoms with Gasteiger partial charge in [-0.25, -0.2) is 9.78 Å². The first kappa shape index (κ1) is 21.2. The average molecular weight is 430 g/mol. The fourth-order valence-corrected chi connectivity index (χ4v) is 3.92. The quantitative estimate of drug-likeness (QED) is 0.585. The minimum absolute atomic E-state index is 0.0340. The van der Waals surface area contributed by atoms with E-state index in [9.17, 15) is 20.0 Å². The number of nitrogens with zero attached hydrogens (tertiary/aromatic N) is 5. The highest BCUT2D eigenvalue weighted by atomic mass is 16.4. The Labute approximate surface area is 184 Å². The van der Waals surface area contributed by atoms with Gasteiger partial charge in [0.05, 0.1) is 30.2 Å². The van der Waals surface area contributed by atoms with Crippen LogP contribution in [0.3, 0.4) is 0 Å². The molecule has 1 saturated heterocycles. The lowest BCUT2D eigenvalue weighted by Gasteiger charge is -2.28. The zero-order chi connectivity index (χ0) is 22.7. The largest absolute Gasteiger partial charge is 0.477 e. The lowest BCUT2D eigenvalue weighted by molar-refractivity contribution is 0.0684. The monoisotopic (exact) mass is 430 g/mol. The molecule has 3 heterocycles. The maximum absolute atomic E-state index is 13.6. The summed E-state index contributed by atoms with van der Waals surface area (Å²) in [6.45, 7) is 4.98. The summed E-state index contributed by atoms with van der Waals surface area (Å²) in [6, 6.07) is 10.4. The summed E-state index contributed by atoms with van der Waals surface area (Å²) >= 11 is 0. The number of anilines is 1. The van der Waals surface area contributed by atoms with Crippen molar-refractivity contribution in [2.75, 3.05) is 31.1 Å². The van der Waals surface area contributed by atoms with Crippen molar-refractivity contribution in [1.82, 2.24) is 19.4 Å². The van der Waals surface area contributed by atoms with Crippen molar-refractivity contribution in [3.63, 3.8) is 0 Å². The Hall–Kier alpha value is -4.08. The summed E-state index contributed by atoms with van der Waals surface area (Å²) in [7, 11) is 0. The van der Waals surface area contributed by atoms with Gasteiger partial charge in [-0.2, -0.15) is 5.26 Å². The molecule has 2 aromatic heterocycles. The zero-order valence-electron chi connectivity index (χ0n) is 17.6. The topological polar surface area (TPSA) is 116 Å². The fourth-order valence-electron chi connectivity index (χ4n) is 3.92. The number of aromatic carboxylic acids is 1. The molecule has 3 aromatic rings. The van der Waals surface area contributed by atoms with Crippen LogP contribution in [0, 0.1) is 23.2 Å². The van der Waals surface area contributed by atoms with Crippen LogP contribution < -0.4 is 15.8 Å². The maximum atomic E-state index is 13.6. The first-order valence-corrected chi connectivity index (χ1v) is 10.3. The SMILES string of the molecule is CC#CCn1c(N2CCNCC2)nc2cc(C(=O)O)n(Cc3ccccc3C#N)c(=O)c21. The first-order chi connectivity index (χ1) is 15.5. The van der Waals surface area contributed by atoms with E-state index in [1.165, 1.54) is 10.6 Å². The zero-order valence-corrected chi connectivity index (χ0v) is 17.6. The van der Waals surface area contributed by atoms with Gasteiger partial charge in [-0.3, -0.25) is 13.9 Å².